The molecule has 2 aromatic carbocycles. The maximum Gasteiger partial charge on any atom is 0.179 e. The van der Waals surface area contributed by atoms with E-state index in [1.807, 2.05) is 43.3 Å². The molecule has 2 bridgehead atoms. The molecular formula is C22H21ClO3. The summed E-state index contributed by atoms with van der Waals surface area (Å²) in [6.45, 7) is 3.87. The van der Waals surface area contributed by atoms with Crippen molar-refractivity contribution in [3.05, 3.63) is 58.6 Å². The van der Waals surface area contributed by atoms with E-state index < -0.39 is 17.6 Å². The second-order valence-electron chi connectivity index (χ2n) is 7.35. The van der Waals surface area contributed by atoms with Crippen molar-refractivity contribution in [1.29, 1.82) is 0 Å². The molecule has 26 heavy (non-hydrogen) atoms. The van der Waals surface area contributed by atoms with Gasteiger partial charge >= 0.3 is 0 Å². The monoisotopic (exact) mass is 368 g/mol. The second kappa shape index (κ2) is 6.33. The third kappa shape index (κ3) is 2.70. The lowest BCUT2D eigenvalue weighted by molar-refractivity contribution is -0.160. The van der Waals surface area contributed by atoms with Crippen LogP contribution < -0.4 is 0 Å². The number of fused-ring (bicyclic) bond motifs is 2. The summed E-state index contributed by atoms with van der Waals surface area (Å²) in [6.07, 6.45) is 1.59. The van der Waals surface area contributed by atoms with Crippen LogP contribution in [0.4, 0.5) is 0 Å². The molecule has 4 rings (SSSR count). The van der Waals surface area contributed by atoms with Gasteiger partial charge in [0.2, 0.25) is 0 Å². The van der Waals surface area contributed by atoms with E-state index in [1.54, 1.807) is 0 Å². The minimum absolute atomic E-state index is 0.0843. The lowest BCUT2D eigenvalue weighted by Crippen LogP contribution is -2.49. The van der Waals surface area contributed by atoms with Crippen molar-refractivity contribution in [2.45, 2.75) is 50.7 Å². The summed E-state index contributed by atoms with van der Waals surface area (Å²) in [5, 5.41) is 0.697. The lowest BCUT2D eigenvalue weighted by Gasteiger charge is -2.34. The number of ether oxygens (including phenoxy) is 1. The summed E-state index contributed by atoms with van der Waals surface area (Å²) in [5.74, 6) is -0.875. The molecule has 4 heteroatoms. The molecule has 2 aliphatic rings. The number of aryl methyl sites for hydroxylation is 1. The molecule has 0 spiro atoms. The van der Waals surface area contributed by atoms with Gasteiger partial charge in [0.05, 0.1) is 0 Å². The Hall–Kier alpha value is -1.97. The average molecular weight is 369 g/mol. The SMILES string of the molecule is CCc1cc(-c2ccc(Cl)cc2)ccc1C1C(=O)C2CCC(C)(O2)C1=O. The zero-order valence-corrected chi connectivity index (χ0v) is 15.7. The Morgan fingerprint density at radius 1 is 1.12 bits per heavy atom. The van der Waals surface area contributed by atoms with E-state index in [-0.39, 0.29) is 11.6 Å². The third-order valence-electron chi connectivity index (χ3n) is 5.68. The van der Waals surface area contributed by atoms with E-state index in [2.05, 4.69) is 13.0 Å². The fourth-order valence-electron chi connectivity index (χ4n) is 4.15. The lowest BCUT2D eigenvalue weighted by atomic mass is 9.78. The minimum atomic E-state index is -0.816. The molecule has 2 aliphatic heterocycles. The molecular weight excluding hydrogens is 348 g/mol. The van der Waals surface area contributed by atoms with Gasteiger partial charge in [0.1, 0.15) is 17.6 Å². The van der Waals surface area contributed by atoms with Gasteiger partial charge in [-0.1, -0.05) is 48.9 Å². The Labute approximate surface area is 158 Å². The molecule has 2 aromatic rings. The molecule has 0 saturated carbocycles. The van der Waals surface area contributed by atoms with Gasteiger partial charge in [-0.15, -0.1) is 0 Å². The maximum atomic E-state index is 13.0. The van der Waals surface area contributed by atoms with Crippen LogP contribution in [0, 0.1) is 0 Å². The summed E-state index contributed by atoms with van der Waals surface area (Å²) < 4.78 is 5.73. The van der Waals surface area contributed by atoms with Crippen molar-refractivity contribution in [2.75, 3.05) is 0 Å². The van der Waals surface area contributed by atoms with E-state index in [4.69, 9.17) is 16.3 Å². The van der Waals surface area contributed by atoms with Gasteiger partial charge in [0.25, 0.3) is 0 Å². The molecule has 2 heterocycles. The smallest absolute Gasteiger partial charge is 0.179 e. The van der Waals surface area contributed by atoms with Crippen LogP contribution in [-0.2, 0) is 20.7 Å². The highest BCUT2D eigenvalue weighted by Gasteiger charge is 2.55. The zero-order valence-electron chi connectivity index (χ0n) is 14.9. The van der Waals surface area contributed by atoms with E-state index in [0.717, 1.165) is 28.7 Å². The Morgan fingerprint density at radius 2 is 1.81 bits per heavy atom. The Balaban J connectivity index is 1.76. The zero-order chi connectivity index (χ0) is 18.5. The first-order chi connectivity index (χ1) is 12.4. The summed E-state index contributed by atoms with van der Waals surface area (Å²) in [6, 6.07) is 13.7. The highest BCUT2D eigenvalue weighted by Crippen LogP contribution is 2.44. The van der Waals surface area contributed by atoms with Crippen molar-refractivity contribution < 1.29 is 14.3 Å². The molecule has 0 aromatic heterocycles. The standard InChI is InChI=1S/C22H21ClO3/c1-3-13-12-15(14-4-7-16(23)8-5-14)6-9-17(13)19-20(24)18-10-11-22(2,26-18)21(19)25/h4-9,12,18-19H,3,10-11H2,1-2H3. The van der Waals surface area contributed by atoms with Crippen LogP contribution in [0.2, 0.25) is 5.02 Å². The maximum absolute atomic E-state index is 13.0. The van der Waals surface area contributed by atoms with Gasteiger partial charge < -0.3 is 4.74 Å². The van der Waals surface area contributed by atoms with Gasteiger partial charge in [0, 0.05) is 5.02 Å². The van der Waals surface area contributed by atoms with E-state index in [0.29, 0.717) is 17.9 Å². The van der Waals surface area contributed by atoms with E-state index in [9.17, 15) is 9.59 Å². The van der Waals surface area contributed by atoms with Crippen molar-refractivity contribution in [2.24, 2.45) is 0 Å². The number of rotatable bonds is 3. The van der Waals surface area contributed by atoms with Crippen LogP contribution in [0.1, 0.15) is 43.7 Å². The molecule has 0 radical (unpaired) electrons. The molecule has 3 atom stereocenters. The number of ketones is 2. The number of benzene rings is 2. The Morgan fingerprint density at radius 3 is 2.50 bits per heavy atom. The van der Waals surface area contributed by atoms with Gasteiger partial charge in [-0.3, -0.25) is 9.59 Å². The molecule has 0 N–H and O–H groups in total. The molecule has 2 saturated heterocycles. The summed E-state index contributed by atoms with van der Waals surface area (Å²) in [5.41, 5.74) is 3.18. The highest BCUT2D eigenvalue weighted by atomic mass is 35.5. The van der Waals surface area contributed by atoms with Crippen molar-refractivity contribution in [1.82, 2.24) is 0 Å². The first kappa shape index (κ1) is 17.4. The van der Waals surface area contributed by atoms with Crippen LogP contribution in [0.5, 0.6) is 0 Å². The summed E-state index contributed by atoms with van der Waals surface area (Å²) >= 11 is 5.98. The van der Waals surface area contributed by atoms with Crippen LogP contribution in [0.25, 0.3) is 11.1 Å². The van der Waals surface area contributed by atoms with Crippen LogP contribution >= 0.6 is 11.6 Å². The summed E-state index contributed by atoms with van der Waals surface area (Å²) in [4.78, 5) is 25.9. The van der Waals surface area contributed by atoms with Crippen LogP contribution in [-0.4, -0.2) is 23.3 Å². The Kier molecular flexibility index (Phi) is 4.25. The minimum Gasteiger partial charge on any atom is -0.356 e. The third-order valence-corrected chi connectivity index (χ3v) is 5.94. The molecule has 2 fully saturated rings. The first-order valence-electron chi connectivity index (χ1n) is 9.07. The molecule has 3 unspecified atom stereocenters. The van der Waals surface area contributed by atoms with Gasteiger partial charge in [-0.05, 0) is 60.6 Å². The fourth-order valence-corrected chi connectivity index (χ4v) is 4.28. The van der Waals surface area contributed by atoms with Crippen LogP contribution in [0.15, 0.2) is 42.5 Å². The van der Waals surface area contributed by atoms with Gasteiger partial charge in [-0.25, -0.2) is 0 Å². The predicted molar refractivity (Wildman–Crippen MR) is 102 cm³/mol. The number of Topliss-reactive ketones (excluding diaryl/α,β-unsaturated/α-hetero) is 2. The van der Waals surface area contributed by atoms with Gasteiger partial charge in [-0.2, -0.15) is 0 Å². The quantitative estimate of drug-likeness (QED) is 0.735. The molecule has 0 aliphatic carbocycles. The van der Waals surface area contributed by atoms with Gasteiger partial charge in [0.15, 0.2) is 11.6 Å². The van der Waals surface area contributed by atoms with Crippen LogP contribution in [0.3, 0.4) is 0 Å². The van der Waals surface area contributed by atoms with E-state index >= 15 is 0 Å². The number of carbonyl (C=O) groups is 2. The van der Waals surface area contributed by atoms with Crippen molar-refractivity contribution >= 4 is 23.2 Å². The molecule has 134 valence electrons. The largest absolute Gasteiger partial charge is 0.356 e. The number of carbonyl (C=O) groups excluding carboxylic acids is 2. The predicted octanol–water partition coefficient (Wildman–Crippen LogP) is 4.74. The van der Waals surface area contributed by atoms with Crippen molar-refractivity contribution in [3.8, 4) is 11.1 Å². The number of hydrogen-bond acceptors (Lipinski definition) is 3. The van der Waals surface area contributed by atoms with E-state index in [1.165, 1.54) is 0 Å². The summed E-state index contributed by atoms with van der Waals surface area (Å²) in [7, 11) is 0. The second-order valence-corrected chi connectivity index (χ2v) is 7.79. The average Bonchev–Trinajstić information content (AvgIpc) is 3.02. The first-order valence-corrected chi connectivity index (χ1v) is 9.45. The number of hydrogen-bond donors (Lipinski definition) is 0. The molecule has 0 amide bonds. The molecule has 3 nitrogen and oxygen atoms in total. The van der Waals surface area contributed by atoms with Crippen molar-refractivity contribution in [3.63, 3.8) is 0 Å². The normalized spacial score (nSPS) is 27.8. The number of halogens is 1. The highest BCUT2D eigenvalue weighted by molar-refractivity contribution is 6.30. The fraction of sp³-hybridized carbons (Fsp3) is 0.364. The topological polar surface area (TPSA) is 43.4 Å². The Bertz CT molecular complexity index is 887.